The third-order valence-corrected chi connectivity index (χ3v) is 5.34. The van der Waals surface area contributed by atoms with Gasteiger partial charge in [0.15, 0.2) is 0 Å². The molecule has 146 valence electrons. The van der Waals surface area contributed by atoms with Gasteiger partial charge in [0.25, 0.3) is 0 Å². The van der Waals surface area contributed by atoms with Crippen molar-refractivity contribution < 1.29 is 9.47 Å². The van der Waals surface area contributed by atoms with Crippen LogP contribution in [-0.4, -0.2) is 39.0 Å². The zero-order chi connectivity index (χ0) is 19.3. The van der Waals surface area contributed by atoms with Crippen LogP contribution in [0.2, 0.25) is 0 Å². The van der Waals surface area contributed by atoms with Gasteiger partial charge in [-0.3, -0.25) is 4.98 Å². The highest BCUT2D eigenvalue weighted by Crippen LogP contribution is 2.34. The first kappa shape index (κ1) is 18.9. The largest absolute Gasteiger partial charge is 0.439 e. The summed E-state index contributed by atoms with van der Waals surface area (Å²) in [4.78, 5) is 4.52. The second-order valence-corrected chi connectivity index (χ2v) is 7.60. The van der Waals surface area contributed by atoms with Gasteiger partial charge in [-0.05, 0) is 42.1 Å². The molecule has 0 unspecified atom stereocenters. The molecule has 7 nitrogen and oxygen atoms in total. The molecule has 1 aliphatic rings. The molecule has 0 atom stereocenters. The van der Waals surface area contributed by atoms with Crippen molar-refractivity contribution in [1.82, 2.24) is 19.1 Å². The van der Waals surface area contributed by atoms with Crippen LogP contribution in [0.25, 0.3) is 11.3 Å². The van der Waals surface area contributed by atoms with Crippen molar-refractivity contribution in [3.05, 3.63) is 54.2 Å². The zero-order valence-electron chi connectivity index (χ0n) is 15.7. The van der Waals surface area contributed by atoms with Gasteiger partial charge in [-0.15, -0.1) is 0 Å². The van der Waals surface area contributed by atoms with Gasteiger partial charge in [0.05, 0.1) is 5.69 Å². The highest BCUT2D eigenvalue weighted by atomic mass is 32.2. The van der Waals surface area contributed by atoms with E-state index in [1.54, 1.807) is 22.8 Å². The Morgan fingerprint density at radius 2 is 2.14 bits per heavy atom. The minimum absolute atomic E-state index is 0.475. The van der Waals surface area contributed by atoms with Crippen LogP contribution in [0.15, 0.2) is 53.7 Å². The van der Waals surface area contributed by atoms with Crippen molar-refractivity contribution >= 4 is 11.9 Å². The number of aromatic nitrogens is 3. The second-order valence-electron chi connectivity index (χ2n) is 6.49. The minimum atomic E-state index is 0.475. The van der Waals surface area contributed by atoms with E-state index in [-0.39, 0.29) is 0 Å². The number of ether oxygens (including phenoxy) is 2. The third-order valence-electron chi connectivity index (χ3n) is 4.41. The van der Waals surface area contributed by atoms with Crippen LogP contribution in [0.1, 0.15) is 12.0 Å². The number of hydrogen-bond donors (Lipinski definition) is 1. The molecule has 4 rings (SSSR count). The van der Waals surface area contributed by atoms with E-state index in [1.807, 2.05) is 49.5 Å². The first-order chi connectivity index (χ1) is 13.7. The molecule has 0 amide bonds. The van der Waals surface area contributed by atoms with Gasteiger partial charge < -0.3 is 15.2 Å². The molecule has 3 heterocycles. The average molecular weight is 398 g/mol. The van der Waals surface area contributed by atoms with Gasteiger partial charge in [-0.2, -0.15) is 5.10 Å². The van der Waals surface area contributed by atoms with Crippen molar-refractivity contribution in [3.8, 4) is 22.9 Å². The molecule has 2 N–H and O–H groups in total. The van der Waals surface area contributed by atoms with E-state index >= 15 is 0 Å². The van der Waals surface area contributed by atoms with Gasteiger partial charge >= 0.3 is 0 Å². The van der Waals surface area contributed by atoms with E-state index in [1.165, 1.54) is 0 Å². The van der Waals surface area contributed by atoms with E-state index < -0.39 is 0 Å². The molecule has 1 fully saturated rings. The summed E-state index contributed by atoms with van der Waals surface area (Å²) in [6, 6.07) is 13.7. The van der Waals surface area contributed by atoms with Crippen molar-refractivity contribution in [2.75, 3.05) is 19.9 Å². The maximum atomic E-state index is 6.19. The Balaban J connectivity index is 1.54. The van der Waals surface area contributed by atoms with Gasteiger partial charge in [-0.1, -0.05) is 18.2 Å². The van der Waals surface area contributed by atoms with Gasteiger partial charge in [0, 0.05) is 44.6 Å². The van der Waals surface area contributed by atoms with Crippen molar-refractivity contribution in [2.24, 2.45) is 12.8 Å². The Bertz CT molecular complexity index is 923. The fraction of sp³-hybridized carbons (Fsp3) is 0.300. The highest BCUT2D eigenvalue weighted by Gasteiger charge is 2.16. The maximum absolute atomic E-state index is 6.19. The summed E-state index contributed by atoms with van der Waals surface area (Å²) in [6.07, 6.45) is 2.83. The van der Waals surface area contributed by atoms with E-state index in [9.17, 15) is 0 Å². The number of benzene rings is 1. The summed E-state index contributed by atoms with van der Waals surface area (Å²) in [6.45, 7) is 2.91. The lowest BCUT2D eigenvalue weighted by atomic mass is 10.1. The summed E-state index contributed by atoms with van der Waals surface area (Å²) >= 11 is 1.59. The van der Waals surface area contributed by atoms with E-state index in [0.29, 0.717) is 19.2 Å². The summed E-state index contributed by atoms with van der Waals surface area (Å²) in [5, 5.41) is 5.43. The summed E-state index contributed by atoms with van der Waals surface area (Å²) in [5.41, 5.74) is 8.43. The lowest BCUT2D eigenvalue weighted by Crippen LogP contribution is -2.27. The van der Waals surface area contributed by atoms with Crippen molar-refractivity contribution in [3.63, 3.8) is 0 Å². The Hall–Kier alpha value is -2.39. The SMILES string of the molecule is Cn1nc(SN2CCCOC2)cc1Oc1ccccc1-c1ccc(CN)cn1. The van der Waals surface area contributed by atoms with E-state index in [4.69, 9.17) is 15.2 Å². The lowest BCUT2D eigenvalue weighted by molar-refractivity contribution is 0.0366. The van der Waals surface area contributed by atoms with Gasteiger partial charge in [-0.25, -0.2) is 8.99 Å². The number of pyridine rings is 1. The van der Waals surface area contributed by atoms with E-state index in [2.05, 4.69) is 14.4 Å². The predicted molar refractivity (Wildman–Crippen MR) is 109 cm³/mol. The van der Waals surface area contributed by atoms with Crippen LogP contribution in [-0.2, 0) is 18.3 Å². The minimum Gasteiger partial charge on any atom is -0.439 e. The summed E-state index contributed by atoms with van der Waals surface area (Å²) in [5.74, 6) is 1.41. The standard InChI is InChI=1S/C20H23N5O2S/c1-24-20(11-19(23-24)28-25-9-4-10-26-14-25)27-18-6-3-2-5-16(18)17-8-7-15(12-21)13-22-17/h2-3,5-8,11,13H,4,9-10,12,14,21H2,1H3. The molecule has 0 saturated carbocycles. The predicted octanol–water partition coefficient (Wildman–Crippen LogP) is 3.42. The maximum Gasteiger partial charge on any atom is 0.218 e. The first-order valence-corrected chi connectivity index (χ1v) is 9.97. The number of para-hydroxylation sites is 1. The lowest BCUT2D eigenvalue weighted by Gasteiger charge is -2.23. The molecule has 28 heavy (non-hydrogen) atoms. The summed E-state index contributed by atoms with van der Waals surface area (Å²) < 4.78 is 15.6. The van der Waals surface area contributed by atoms with Crippen LogP contribution in [0.3, 0.4) is 0 Å². The van der Waals surface area contributed by atoms with Crippen LogP contribution in [0, 0.1) is 0 Å². The molecule has 0 bridgehead atoms. The number of aryl methyl sites for hydroxylation is 1. The molecule has 2 aromatic heterocycles. The van der Waals surface area contributed by atoms with Crippen LogP contribution in [0.4, 0.5) is 0 Å². The quantitative estimate of drug-likeness (QED) is 0.639. The molecule has 0 radical (unpaired) electrons. The second kappa shape index (κ2) is 8.74. The Morgan fingerprint density at radius 3 is 2.89 bits per heavy atom. The van der Waals surface area contributed by atoms with Crippen LogP contribution in [0.5, 0.6) is 11.6 Å². The highest BCUT2D eigenvalue weighted by molar-refractivity contribution is 7.97. The fourth-order valence-electron chi connectivity index (χ4n) is 2.93. The summed E-state index contributed by atoms with van der Waals surface area (Å²) in [7, 11) is 1.88. The Kier molecular flexibility index (Phi) is 5.92. The molecule has 0 aliphatic carbocycles. The molecule has 3 aromatic rings. The third kappa shape index (κ3) is 4.36. The fourth-order valence-corrected chi connectivity index (χ4v) is 3.85. The van der Waals surface area contributed by atoms with E-state index in [0.717, 1.165) is 47.2 Å². The molecule has 1 aromatic carbocycles. The topological polar surface area (TPSA) is 78.4 Å². The monoisotopic (exact) mass is 397 g/mol. The first-order valence-electron chi connectivity index (χ1n) is 9.20. The normalized spacial score (nSPS) is 14.9. The molecule has 1 saturated heterocycles. The number of nitrogens with zero attached hydrogens (tertiary/aromatic N) is 4. The Morgan fingerprint density at radius 1 is 1.25 bits per heavy atom. The molecule has 8 heteroatoms. The molecule has 0 spiro atoms. The molecular weight excluding hydrogens is 374 g/mol. The number of nitrogens with two attached hydrogens (primary N) is 1. The van der Waals surface area contributed by atoms with Crippen molar-refractivity contribution in [1.29, 1.82) is 0 Å². The zero-order valence-corrected chi connectivity index (χ0v) is 16.6. The molecule has 1 aliphatic heterocycles. The Labute approximate surface area is 168 Å². The van der Waals surface area contributed by atoms with Crippen LogP contribution < -0.4 is 10.5 Å². The smallest absolute Gasteiger partial charge is 0.218 e. The molecular formula is C20H23N5O2S. The van der Waals surface area contributed by atoms with Gasteiger partial charge in [0.1, 0.15) is 17.5 Å². The van der Waals surface area contributed by atoms with Gasteiger partial charge in [0.2, 0.25) is 5.88 Å². The number of rotatable bonds is 6. The number of hydrogen-bond acceptors (Lipinski definition) is 7. The average Bonchev–Trinajstić information content (AvgIpc) is 3.08. The van der Waals surface area contributed by atoms with Crippen LogP contribution >= 0.6 is 11.9 Å². The van der Waals surface area contributed by atoms with Crippen molar-refractivity contribution in [2.45, 2.75) is 18.0 Å².